The normalized spacial score (nSPS) is 13.1. The van der Waals surface area contributed by atoms with Crippen LogP contribution < -0.4 is 4.90 Å². The lowest BCUT2D eigenvalue weighted by molar-refractivity contribution is 1.28. The molecule has 0 unspecified atom stereocenters. The molecule has 250 valence electrons. The van der Waals surface area contributed by atoms with Gasteiger partial charge in [-0.1, -0.05) is 194 Å². The molecule has 0 atom stereocenters. The van der Waals surface area contributed by atoms with E-state index in [9.17, 15) is 11.0 Å². The zero-order chi connectivity index (χ0) is 42.4. The summed E-state index contributed by atoms with van der Waals surface area (Å²) in [6, 6.07) is 52.3. The number of anilines is 3. The third-order valence-electron chi connectivity index (χ3n) is 9.44. The number of nitrogens with zero attached hydrogens (tertiary/aromatic N) is 1. The Morgan fingerprint density at radius 3 is 1.42 bits per heavy atom. The van der Waals surface area contributed by atoms with E-state index in [-0.39, 0.29) is 46.7 Å². The SMILES string of the molecule is [2H]c1c([2H])c(N(c2ccccc2-c2ccccc2)c2c([2H])c([2H])c(-c3ccc4ccccc4c3-c3ccccc3)c([2H])c2[2H])c([2H])c([2H])c1-c1ccc(-c2ccccc2)cc1. The first-order valence-corrected chi connectivity index (χ1v) is 17.5. The van der Waals surface area contributed by atoms with E-state index in [1.165, 1.54) is 4.90 Å². The Balaban J connectivity index is 1.30. The Kier molecular flexibility index (Phi) is 6.57. The van der Waals surface area contributed by atoms with E-state index < -0.39 is 24.2 Å². The van der Waals surface area contributed by atoms with Gasteiger partial charge in [-0.05, 0) is 91.1 Å². The van der Waals surface area contributed by atoms with Crippen LogP contribution >= 0.6 is 0 Å². The first-order valence-electron chi connectivity index (χ1n) is 21.5. The van der Waals surface area contributed by atoms with Crippen LogP contribution in [0.1, 0.15) is 11.0 Å². The summed E-state index contributed by atoms with van der Waals surface area (Å²) in [6.07, 6.45) is 0. The van der Waals surface area contributed by atoms with E-state index in [0.29, 0.717) is 22.4 Å². The van der Waals surface area contributed by atoms with E-state index in [1.54, 1.807) is 24.3 Å². The van der Waals surface area contributed by atoms with E-state index >= 15 is 0 Å². The Morgan fingerprint density at radius 2 is 0.774 bits per heavy atom. The summed E-state index contributed by atoms with van der Waals surface area (Å²) in [4.78, 5) is 1.38. The summed E-state index contributed by atoms with van der Waals surface area (Å²) < 4.78 is 76.7. The summed E-state index contributed by atoms with van der Waals surface area (Å²) in [5.41, 5.74) is 6.14. The lowest BCUT2D eigenvalue weighted by atomic mass is 9.89. The second kappa shape index (κ2) is 14.3. The van der Waals surface area contributed by atoms with Crippen molar-refractivity contribution in [2.75, 3.05) is 4.90 Å². The van der Waals surface area contributed by atoms with Gasteiger partial charge in [-0.2, -0.15) is 0 Å². The van der Waals surface area contributed by atoms with Crippen molar-refractivity contribution in [2.24, 2.45) is 0 Å². The summed E-state index contributed by atoms with van der Waals surface area (Å²) in [6.45, 7) is 0. The number of para-hydroxylation sites is 1. The molecule has 9 rings (SSSR count). The van der Waals surface area contributed by atoms with Gasteiger partial charge in [-0.25, -0.2) is 0 Å². The second-order valence-electron chi connectivity index (χ2n) is 12.7. The molecule has 0 heterocycles. The molecule has 0 aliphatic rings. The zero-order valence-electron chi connectivity index (χ0n) is 36.7. The molecule has 0 aliphatic heterocycles. The predicted molar refractivity (Wildman–Crippen MR) is 226 cm³/mol. The van der Waals surface area contributed by atoms with Crippen LogP contribution in [0.15, 0.2) is 224 Å². The van der Waals surface area contributed by atoms with Gasteiger partial charge in [0.05, 0.1) is 16.7 Å². The Hall–Kier alpha value is -6.96. The van der Waals surface area contributed by atoms with Gasteiger partial charge in [0.1, 0.15) is 0 Å². The molecule has 0 saturated carbocycles. The van der Waals surface area contributed by atoms with Crippen LogP contribution in [-0.2, 0) is 0 Å². The number of rotatable bonds is 8. The molecule has 1 heteroatoms. The van der Waals surface area contributed by atoms with Crippen LogP contribution in [0, 0.1) is 0 Å². The minimum Gasteiger partial charge on any atom is -0.310 e. The van der Waals surface area contributed by atoms with Crippen molar-refractivity contribution in [2.45, 2.75) is 0 Å². The molecule has 0 amide bonds. The molecular formula is C52H37N. The largest absolute Gasteiger partial charge is 0.310 e. The average Bonchev–Trinajstić information content (AvgIpc) is 3.31. The first kappa shape index (κ1) is 24.3. The fraction of sp³-hybridized carbons (Fsp3) is 0. The van der Waals surface area contributed by atoms with Crippen LogP contribution in [0.4, 0.5) is 17.1 Å². The lowest BCUT2D eigenvalue weighted by Gasteiger charge is -2.28. The monoisotopic (exact) mass is 683 g/mol. The second-order valence-corrected chi connectivity index (χ2v) is 12.7. The van der Waals surface area contributed by atoms with Crippen molar-refractivity contribution in [3.63, 3.8) is 0 Å². The van der Waals surface area contributed by atoms with Crippen molar-refractivity contribution >= 4 is 27.8 Å². The maximum atomic E-state index is 9.73. The van der Waals surface area contributed by atoms with Crippen LogP contribution in [0.25, 0.3) is 66.4 Å². The van der Waals surface area contributed by atoms with Gasteiger partial charge >= 0.3 is 0 Å². The highest BCUT2D eigenvalue weighted by Crippen LogP contribution is 2.43. The third kappa shape index (κ3) is 6.42. The predicted octanol–water partition coefficient (Wildman–Crippen LogP) is 14.6. The highest BCUT2D eigenvalue weighted by molar-refractivity contribution is 6.04. The van der Waals surface area contributed by atoms with Crippen molar-refractivity contribution in [3.05, 3.63) is 224 Å². The van der Waals surface area contributed by atoms with Gasteiger partial charge in [0.15, 0.2) is 0 Å². The van der Waals surface area contributed by atoms with Gasteiger partial charge in [-0.15, -0.1) is 0 Å². The summed E-state index contributed by atoms with van der Waals surface area (Å²) >= 11 is 0. The number of fused-ring (bicyclic) bond motifs is 1. The molecule has 0 radical (unpaired) electrons. The summed E-state index contributed by atoms with van der Waals surface area (Å²) in [7, 11) is 0. The number of hydrogen-bond donors (Lipinski definition) is 0. The van der Waals surface area contributed by atoms with Crippen molar-refractivity contribution in [3.8, 4) is 55.6 Å². The molecule has 9 aromatic rings. The van der Waals surface area contributed by atoms with Gasteiger partial charge in [0, 0.05) is 16.9 Å². The molecule has 0 saturated heterocycles. The van der Waals surface area contributed by atoms with Crippen molar-refractivity contribution in [1.82, 2.24) is 0 Å². The molecule has 0 spiro atoms. The van der Waals surface area contributed by atoms with Crippen LogP contribution in [0.2, 0.25) is 0 Å². The summed E-state index contributed by atoms with van der Waals surface area (Å²) in [5.74, 6) is 0. The zero-order valence-corrected chi connectivity index (χ0v) is 28.7. The summed E-state index contributed by atoms with van der Waals surface area (Å²) in [5, 5.41) is 1.85. The Bertz CT molecular complexity index is 3040. The number of hydrogen-bond acceptors (Lipinski definition) is 1. The topological polar surface area (TPSA) is 3.24 Å². The molecule has 9 aromatic carbocycles. The minimum absolute atomic E-state index is 0.105. The van der Waals surface area contributed by atoms with Crippen LogP contribution in [0.5, 0.6) is 0 Å². The third-order valence-corrected chi connectivity index (χ3v) is 9.44. The molecule has 0 aromatic heterocycles. The quantitative estimate of drug-likeness (QED) is 0.154. The molecule has 1 nitrogen and oxygen atoms in total. The van der Waals surface area contributed by atoms with E-state index in [2.05, 4.69) is 0 Å². The Morgan fingerprint density at radius 1 is 0.302 bits per heavy atom. The smallest absolute Gasteiger partial charge is 0.0645 e. The maximum Gasteiger partial charge on any atom is 0.0645 e. The van der Waals surface area contributed by atoms with Gasteiger partial charge in [-0.3, -0.25) is 0 Å². The fourth-order valence-corrected chi connectivity index (χ4v) is 6.85. The molecule has 0 fully saturated rings. The van der Waals surface area contributed by atoms with Crippen molar-refractivity contribution < 1.29 is 11.0 Å². The molecular weight excluding hydrogens is 639 g/mol. The van der Waals surface area contributed by atoms with Gasteiger partial charge in [0.2, 0.25) is 0 Å². The standard InChI is InChI=1S/C52H37N/c1-4-14-38(15-5-1)39-24-26-40(27-25-39)41-28-33-46(34-29-41)53(51-23-13-12-21-48(51)42-16-6-2-7-17-42)47-35-30-44(31-36-47)50-37-32-43-18-10-11-22-49(43)52(50)45-19-8-3-9-20-45/h1-37H/i28D,29D,30D,31D,33D,34D,35D,36D. The minimum atomic E-state index is -0.400. The maximum absolute atomic E-state index is 9.73. The molecule has 0 aliphatic carbocycles. The van der Waals surface area contributed by atoms with Crippen LogP contribution in [-0.4, -0.2) is 0 Å². The highest BCUT2D eigenvalue weighted by atomic mass is 15.1. The first-order chi connectivity index (χ1) is 29.7. The molecule has 53 heavy (non-hydrogen) atoms. The highest BCUT2D eigenvalue weighted by Gasteiger charge is 2.18. The van der Waals surface area contributed by atoms with E-state index in [1.807, 2.05) is 152 Å². The molecule has 0 N–H and O–H groups in total. The molecule has 0 bridgehead atoms. The van der Waals surface area contributed by atoms with Crippen molar-refractivity contribution in [1.29, 1.82) is 0 Å². The van der Waals surface area contributed by atoms with Crippen LogP contribution in [0.3, 0.4) is 0 Å². The van der Waals surface area contributed by atoms with E-state index in [4.69, 9.17) is 0 Å². The average molecular weight is 684 g/mol. The van der Waals surface area contributed by atoms with E-state index in [0.717, 1.165) is 38.6 Å². The van der Waals surface area contributed by atoms with Gasteiger partial charge < -0.3 is 4.90 Å². The number of benzene rings is 9. The fourth-order valence-electron chi connectivity index (χ4n) is 6.85. The Labute approximate surface area is 323 Å². The van der Waals surface area contributed by atoms with Gasteiger partial charge in [0.25, 0.3) is 0 Å². The lowest BCUT2D eigenvalue weighted by Crippen LogP contribution is -2.11.